The van der Waals surface area contributed by atoms with Crippen LogP contribution in [-0.2, 0) is 0 Å². The number of rotatable bonds is 2. The Kier molecular flexibility index (Phi) is 3.90. The lowest BCUT2D eigenvalue weighted by Crippen LogP contribution is -2.26. The van der Waals surface area contributed by atoms with E-state index in [1.165, 1.54) is 45.8 Å². The predicted molar refractivity (Wildman–Crippen MR) is 86.6 cm³/mol. The third-order valence-corrected chi connectivity index (χ3v) is 5.15. The number of piperidine rings is 1. The van der Waals surface area contributed by atoms with Gasteiger partial charge in [0.1, 0.15) is 0 Å². The van der Waals surface area contributed by atoms with Gasteiger partial charge in [0.2, 0.25) is 0 Å². The molecule has 106 valence electrons. The average molecular weight is 286 g/mol. The standard InChI is InChI=1S/C17H22N2S/c1-11-8-12(2)16(13(3)9-11)15-10-20-17(19-15)14-4-6-18-7-5-14/h8-10,14,18H,4-7H2,1-3H3. The maximum atomic E-state index is 4.95. The quantitative estimate of drug-likeness (QED) is 0.895. The van der Waals surface area contributed by atoms with Crippen molar-refractivity contribution in [2.75, 3.05) is 13.1 Å². The molecule has 1 aliphatic heterocycles. The Hall–Kier alpha value is -1.19. The van der Waals surface area contributed by atoms with Gasteiger partial charge >= 0.3 is 0 Å². The molecule has 2 aromatic rings. The first-order valence-corrected chi connectivity index (χ1v) is 8.27. The van der Waals surface area contributed by atoms with Gasteiger partial charge in [-0.1, -0.05) is 17.7 Å². The summed E-state index contributed by atoms with van der Waals surface area (Å²) in [4.78, 5) is 4.95. The molecule has 1 aromatic carbocycles. The number of thiazole rings is 1. The Labute approximate surface area is 125 Å². The Morgan fingerprint density at radius 3 is 2.40 bits per heavy atom. The van der Waals surface area contributed by atoms with Crippen molar-refractivity contribution in [1.82, 2.24) is 10.3 Å². The summed E-state index contributed by atoms with van der Waals surface area (Å²) in [5.41, 5.74) is 6.50. The number of nitrogens with zero attached hydrogens (tertiary/aromatic N) is 1. The zero-order chi connectivity index (χ0) is 14.1. The Morgan fingerprint density at radius 1 is 1.10 bits per heavy atom. The minimum atomic E-state index is 0.654. The molecule has 0 radical (unpaired) electrons. The van der Waals surface area contributed by atoms with Crippen LogP contribution in [-0.4, -0.2) is 18.1 Å². The fourth-order valence-corrected chi connectivity index (χ4v) is 4.23. The maximum absolute atomic E-state index is 4.95. The monoisotopic (exact) mass is 286 g/mol. The lowest BCUT2D eigenvalue weighted by molar-refractivity contribution is 0.459. The van der Waals surface area contributed by atoms with Crippen molar-refractivity contribution in [3.63, 3.8) is 0 Å². The van der Waals surface area contributed by atoms with E-state index in [1.807, 2.05) is 11.3 Å². The summed E-state index contributed by atoms with van der Waals surface area (Å²) in [6.45, 7) is 8.80. The normalized spacial score (nSPS) is 16.6. The summed E-state index contributed by atoms with van der Waals surface area (Å²) < 4.78 is 0. The number of hydrogen-bond donors (Lipinski definition) is 1. The molecule has 0 saturated carbocycles. The van der Waals surface area contributed by atoms with Gasteiger partial charge < -0.3 is 5.32 Å². The minimum Gasteiger partial charge on any atom is -0.317 e. The molecule has 2 heterocycles. The van der Waals surface area contributed by atoms with Crippen LogP contribution in [0.1, 0.15) is 40.5 Å². The largest absolute Gasteiger partial charge is 0.317 e. The van der Waals surface area contributed by atoms with Gasteiger partial charge in [0.25, 0.3) is 0 Å². The van der Waals surface area contributed by atoms with E-state index in [0.717, 1.165) is 13.1 Å². The van der Waals surface area contributed by atoms with Gasteiger partial charge in [-0.25, -0.2) is 4.98 Å². The number of aromatic nitrogens is 1. The van der Waals surface area contributed by atoms with Crippen LogP contribution in [0.5, 0.6) is 0 Å². The molecule has 1 aliphatic rings. The molecule has 3 rings (SSSR count). The highest BCUT2D eigenvalue weighted by Gasteiger charge is 2.19. The molecule has 1 fully saturated rings. The Balaban J connectivity index is 1.94. The molecule has 0 atom stereocenters. The van der Waals surface area contributed by atoms with E-state index < -0.39 is 0 Å². The first-order valence-electron chi connectivity index (χ1n) is 7.39. The van der Waals surface area contributed by atoms with Crippen molar-refractivity contribution in [2.24, 2.45) is 0 Å². The van der Waals surface area contributed by atoms with Crippen molar-refractivity contribution >= 4 is 11.3 Å². The van der Waals surface area contributed by atoms with Crippen LogP contribution in [0.15, 0.2) is 17.5 Å². The predicted octanol–water partition coefficient (Wildman–Crippen LogP) is 4.20. The van der Waals surface area contributed by atoms with E-state index in [2.05, 4.69) is 43.6 Å². The van der Waals surface area contributed by atoms with Gasteiger partial charge in [0.05, 0.1) is 10.7 Å². The van der Waals surface area contributed by atoms with Gasteiger partial charge in [0, 0.05) is 16.9 Å². The molecule has 0 bridgehead atoms. The van der Waals surface area contributed by atoms with Crippen molar-refractivity contribution in [2.45, 2.75) is 39.5 Å². The van der Waals surface area contributed by atoms with Crippen LogP contribution >= 0.6 is 11.3 Å². The van der Waals surface area contributed by atoms with Gasteiger partial charge in [-0.2, -0.15) is 0 Å². The molecular weight excluding hydrogens is 264 g/mol. The van der Waals surface area contributed by atoms with Crippen LogP contribution < -0.4 is 5.32 Å². The topological polar surface area (TPSA) is 24.9 Å². The van der Waals surface area contributed by atoms with Gasteiger partial charge in [-0.3, -0.25) is 0 Å². The van der Waals surface area contributed by atoms with Crippen LogP contribution in [0.2, 0.25) is 0 Å². The maximum Gasteiger partial charge on any atom is 0.0964 e. The van der Waals surface area contributed by atoms with Crippen LogP contribution in [0.4, 0.5) is 0 Å². The van der Waals surface area contributed by atoms with E-state index in [4.69, 9.17) is 4.98 Å². The second-order valence-corrected chi connectivity index (χ2v) is 6.76. The first-order chi connectivity index (χ1) is 9.65. The highest BCUT2D eigenvalue weighted by molar-refractivity contribution is 7.10. The van der Waals surface area contributed by atoms with E-state index in [0.29, 0.717) is 5.92 Å². The average Bonchev–Trinajstić information content (AvgIpc) is 2.88. The third-order valence-electron chi connectivity index (χ3n) is 4.14. The van der Waals surface area contributed by atoms with E-state index in [9.17, 15) is 0 Å². The third kappa shape index (κ3) is 2.65. The smallest absolute Gasteiger partial charge is 0.0964 e. The molecule has 2 nitrogen and oxygen atoms in total. The molecule has 20 heavy (non-hydrogen) atoms. The van der Waals surface area contributed by atoms with Crippen LogP contribution in [0, 0.1) is 20.8 Å². The van der Waals surface area contributed by atoms with Crippen LogP contribution in [0.3, 0.4) is 0 Å². The summed E-state index contributed by atoms with van der Waals surface area (Å²) in [6.07, 6.45) is 2.44. The molecule has 0 aliphatic carbocycles. The molecule has 1 N–H and O–H groups in total. The number of aryl methyl sites for hydroxylation is 3. The summed E-state index contributed by atoms with van der Waals surface area (Å²) in [6, 6.07) is 4.51. The van der Waals surface area contributed by atoms with Crippen molar-refractivity contribution < 1.29 is 0 Å². The molecule has 1 aromatic heterocycles. The fourth-order valence-electron chi connectivity index (χ4n) is 3.24. The number of nitrogens with one attached hydrogen (secondary N) is 1. The fraction of sp³-hybridized carbons (Fsp3) is 0.471. The molecule has 0 spiro atoms. The summed E-state index contributed by atoms with van der Waals surface area (Å²) >= 11 is 1.83. The second kappa shape index (κ2) is 5.66. The molecule has 0 amide bonds. The lowest BCUT2D eigenvalue weighted by atomic mass is 9.97. The highest BCUT2D eigenvalue weighted by atomic mass is 32.1. The molecular formula is C17H22N2S. The Morgan fingerprint density at radius 2 is 1.75 bits per heavy atom. The molecule has 3 heteroatoms. The lowest BCUT2D eigenvalue weighted by Gasteiger charge is -2.20. The van der Waals surface area contributed by atoms with E-state index >= 15 is 0 Å². The number of benzene rings is 1. The first kappa shape index (κ1) is 13.8. The van der Waals surface area contributed by atoms with Gasteiger partial charge in [-0.15, -0.1) is 11.3 Å². The minimum absolute atomic E-state index is 0.654. The summed E-state index contributed by atoms with van der Waals surface area (Å²) in [5.74, 6) is 0.654. The van der Waals surface area contributed by atoms with Crippen molar-refractivity contribution in [3.8, 4) is 11.3 Å². The summed E-state index contributed by atoms with van der Waals surface area (Å²) in [5, 5.41) is 6.98. The molecule has 0 unspecified atom stereocenters. The Bertz CT molecular complexity index is 586. The SMILES string of the molecule is Cc1cc(C)c(-c2csc(C3CCNCC3)n2)c(C)c1. The van der Waals surface area contributed by atoms with Crippen LogP contribution in [0.25, 0.3) is 11.3 Å². The van der Waals surface area contributed by atoms with Crippen molar-refractivity contribution in [3.05, 3.63) is 39.2 Å². The van der Waals surface area contributed by atoms with E-state index in [-0.39, 0.29) is 0 Å². The van der Waals surface area contributed by atoms with Gasteiger partial charge in [-0.05, 0) is 57.8 Å². The number of hydrogen-bond acceptors (Lipinski definition) is 3. The zero-order valence-corrected chi connectivity index (χ0v) is 13.3. The van der Waals surface area contributed by atoms with Crippen molar-refractivity contribution in [1.29, 1.82) is 0 Å². The summed E-state index contributed by atoms with van der Waals surface area (Å²) in [7, 11) is 0. The van der Waals surface area contributed by atoms with E-state index in [1.54, 1.807) is 0 Å². The zero-order valence-electron chi connectivity index (χ0n) is 12.5. The van der Waals surface area contributed by atoms with Gasteiger partial charge in [0.15, 0.2) is 0 Å². The molecule has 1 saturated heterocycles. The highest BCUT2D eigenvalue weighted by Crippen LogP contribution is 2.34. The second-order valence-electron chi connectivity index (χ2n) is 5.87.